The molecule has 1 aliphatic heterocycles. The molecule has 1 aliphatic rings. The van der Waals surface area contributed by atoms with Gasteiger partial charge in [-0.1, -0.05) is 24.3 Å². The van der Waals surface area contributed by atoms with Crippen LogP contribution in [0, 0.1) is 6.92 Å². The lowest BCUT2D eigenvalue weighted by Crippen LogP contribution is -2.42. The van der Waals surface area contributed by atoms with Crippen molar-refractivity contribution < 1.29 is 13.2 Å². The first kappa shape index (κ1) is 17.6. The average molecular weight is 352 g/mol. The van der Waals surface area contributed by atoms with Gasteiger partial charge in [0, 0.05) is 43.9 Å². The number of nitrogens with zero attached hydrogens (tertiary/aromatic N) is 2. The first-order chi connectivity index (χ1) is 11.8. The number of piperazine rings is 1. The number of rotatable bonds is 3. The summed E-state index contributed by atoms with van der Waals surface area (Å²) in [6.07, 6.45) is -4.66. The summed E-state index contributed by atoms with van der Waals surface area (Å²) in [5.74, 6) is -0.0725. The number of benzene rings is 1. The minimum Gasteiger partial charge on any atom is -0.314 e. The monoisotopic (exact) mass is 352 g/mol. The van der Waals surface area contributed by atoms with E-state index in [-0.39, 0.29) is 5.82 Å². The number of hydrogen-bond donors (Lipinski definition) is 2. The molecule has 0 bridgehead atoms. The molecule has 0 amide bonds. The summed E-state index contributed by atoms with van der Waals surface area (Å²) in [4.78, 5) is 20.1. The highest BCUT2D eigenvalue weighted by Gasteiger charge is 2.36. The fourth-order valence-corrected chi connectivity index (χ4v) is 2.84. The van der Waals surface area contributed by atoms with Crippen LogP contribution in [0.3, 0.4) is 0 Å². The van der Waals surface area contributed by atoms with Crippen LogP contribution in [0.25, 0.3) is 11.4 Å². The van der Waals surface area contributed by atoms with Crippen LogP contribution in [-0.2, 0) is 12.7 Å². The van der Waals surface area contributed by atoms with Gasteiger partial charge in [-0.25, -0.2) is 4.98 Å². The van der Waals surface area contributed by atoms with E-state index in [2.05, 4.69) is 20.2 Å². The van der Waals surface area contributed by atoms with E-state index in [1.54, 1.807) is 12.1 Å². The van der Waals surface area contributed by atoms with E-state index < -0.39 is 23.0 Å². The Kier molecular flexibility index (Phi) is 4.91. The number of nitrogens with one attached hydrogen (secondary N) is 2. The second kappa shape index (κ2) is 6.97. The maximum Gasteiger partial charge on any atom is 0.433 e. The van der Waals surface area contributed by atoms with Crippen molar-refractivity contribution in [3.63, 3.8) is 0 Å². The van der Waals surface area contributed by atoms with Crippen molar-refractivity contribution in [3.05, 3.63) is 51.4 Å². The second-order valence-electron chi connectivity index (χ2n) is 6.11. The molecule has 134 valence electrons. The lowest BCUT2D eigenvalue weighted by Gasteiger charge is -2.27. The summed E-state index contributed by atoms with van der Waals surface area (Å²) in [6.45, 7) is 5.73. The summed E-state index contributed by atoms with van der Waals surface area (Å²) in [7, 11) is 0. The molecule has 5 nitrogen and oxygen atoms in total. The molecule has 8 heteroatoms. The van der Waals surface area contributed by atoms with Gasteiger partial charge in [-0.2, -0.15) is 13.2 Å². The van der Waals surface area contributed by atoms with Crippen molar-refractivity contribution in [2.24, 2.45) is 0 Å². The van der Waals surface area contributed by atoms with E-state index in [9.17, 15) is 18.0 Å². The zero-order valence-corrected chi connectivity index (χ0v) is 13.8. The highest BCUT2D eigenvalue weighted by molar-refractivity contribution is 5.55. The molecular formula is C17H19F3N4O. The number of hydrogen-bond acceptors (Lipinski definition) is 4. The van der Waals surface area contributed by atoms with Crippen molar-refractivity contribution in [1.82, 2.24) is 20.2 Å². The molecule has 0 atom stereocenters. The molecule has 2 N–H and O–H groups in total. The molecule has 1 saturated heterocycles. The Bertz CT molecular complexity index is 793. The molecule has 1 aromatic carbocycles. The minimum atomic E-state index is -4.66. The zero-order chi connectivity index (χ0) is 18.0. The summed E-state index contributed by atoms with van der Waals surface area (Å²) < 4.78 is 39.1. The molecular weight excluding hydrogens is 333 g/mol. The van der Waals surface area contributed by atoms with Crippen molar-refractivity contribution in [2.75, 3.05) is 26.2 Å². The van der Waals surface area contributed by atoms with E-state index in [0.29, 0.717) is 5.56 Å². The first-order valence-electron chi connectivity index (χ1n) is 8.05. The number of aromatic amines is 1. The van der Waals surface area contributed by atoms with Crippen molar-refractivity contribution in [3.8, 4) is 11.4 Å². The highest BCUT2D eigenvalue weighted by Crippen LogP contribution is 2.30. The third kappa shape index (κ3) is 4.08. The van der Waals surface area contributed by atoms with Crippen molar-refractivity contribution in [2.45, 2.75) is 19.6 Å². The third-order valence-corrected chi connectivity index (χ3v) is 4.26. The molecule has 1 aromatic heterocycles. The Morgan fingerprint density at radius 2 is 1.80 bits per heavy atom. The van der Waals surface area contributed by atoms with Crippen LogP contribution in [-0.4, -0.2) is 41.0 Å². The Morgan fingerprint density at radius 3 is 2.40 bits per heavy atom. The molecule has 0 saturated carbocycles. The minimum absolute atomic E-state index is 0.0725. The van der Waals surface area contributed by atoms with Gasteiger partial charge < -0.3 is 10.3 Å². The summed E-state index contributed by atoms with van der Waals surface area (Å²) in [6, 6.07) is 7.07. The summed E-state index contributed by atoms with van der Waals surface area (Å²) in [5.41, 5.74) is -0.826. The Hall–Kier alpha value is -2.19. The Balaban J connectivity index is 1.85. The number of H-pyrrole nitrogens is 1. The lowest BCUT2D eigenvalue weighted by atomic mass is 10.1. The topological polar surface area (TPSA) is 61.0 Å². The summed E-state index contributed by atoms with van der Waals surface area (Å²) in [5, 5.41) is 3.28. The van der Waals surface area contributed by atoms with E-state index in [1.165, 1.54) is 0 Å². The van der Waals surface area contributed by atoms with Crippen LogP contribution in [0.5, 0.6) is 0 Å². The summed E-state index contributed by atoms with van der Waals surface area (Å²) >= 11 is 0. The van der Waals surface area contributed by atoms with Crippen LogP contribution in [0.2, 0.25) is 0 Å². The fourth-order valence-electron chi connectivity index (χ4n) is 2.84. The van der Waals surface area contributed by atoms with Gasteiger partial charge in [0.15, 0.2) is 5.69 Å². The molecule has 0 spiro atoms. The molecule has 0 unspecified atom stereocenters. The predicted molar refractivity (Wildman–Crippen MR) is 88.2 cm³/mol. The smallest absolute Gasteiger partial charge is 0.314 e. The molecule has 2 aromatic rings. The zero-order valence-electron chi connectivity index (χ0n) is 13.8. The van der Waals surface area contributed by atoms with Gasteiger partial charge in [-0.3, -0.25) is 9.69 Å². The van der Waals surface area contributed by atoms with E-state index >= 15 is 0 Å². The van der Waals surface area contributed by atoms with Crippen molar-refractivity contribution in [1.29, 1.82) is 0 Å². The molecule has 1 fully saturated rings. The Morgan fingerprint density at radius 1 is 1.16 bits per heavy atom. The number of halogens is 3. The Labute approximate surface area is 142 Å². The van der Waals surface area contributed by atoms with Gasteiger partial charge in [-0.15, -0.1) is 0 Å². The molecule has 25 heavy (non-hydrogen) atoms. The number of alkyl halides is 3. The van der Waals surface area contributed by atoms with Crippen LogP contribution < -0.4 is 10.9 Å². The average Bonchev–Trinajstić information content (AvgIpc) is 2.58. The predicted octanol–water partition coefficient (Wildman–Crippen LogP) is 2.17. The van der Waals surface area contributed by atoms with Crippen LogP contribution in [0.1, 0.15) is 16.8 Å². The SMILES string of the molecule is Cc1c(C(F)(F)F)nc(-c2ccc(CN3CCNCC3)cc2)[nH]c1=O. The normalized spacial score (nSPS) is 16.2. The standard InChI is InChI=1S/C17H19F3N4O/c1-11-14(17(18,19)20)22-15(23-16(11)25)13-4-2-12(3-5-13)10-24-8-6-21-7-9-24/h2-5,21H,6-10H2,1H3,(H,22,23,25). The maximum absolute atomic E-state index is 13.0. The molecule has 2 heterocycles. The molecule has 0 aliphatic carbocycles. The third-order valence-electron chi connectivity index (χ3n) is 4.26. The molecule has 0 radical (unpaired) electrons. The van der Waals surface area contributed by atoms with Crippen molar-refractivity contribution >= 4 is 0 Å². The van der Waals surface area contributed by atoms with Gasteiger partial charge in [0.25, 0.3) is 5.56 Å². The fraction of sp³-hybridized carbons (Fsp3) is 0.412. The lowest BCUT2D eigenvalue weighted by molar-refractivity contribution is -0.141. The highest BCUT2D eigenvalue weighted by atomic mass is 19.4. The molecule has 3 rings (SSSR count). The maximum atomic E-state index is 13.0. The van der Waals surface area contributed by atoms with E-state index in [0.717, 1.165) is 45.2 Å². The van der Waals surface area contributed by atoms with E-state index in [1.807, 2.05) is 12.1 Å². The van der Waals surface area contributed by atoms with Gasteiger partial charge in [-0.05, 0) is 12.5 Å². The largest absolute Gasteiger partial charge is 0.433 e. The first-order valence-corrected chi connectivity index (χ1v) is 8.05. The van der Waals surface area contributed by atoms with Crippen LogP contribution in [0.4, 0.5) is 13.2 Å². The quantitative estimate of drug-likeness (QED) is 0.889. The van der Waals surface area contributed by atoms with Gasteiger partial charge in [0.1, 0.15) is 5.82 Å². The van der Waals surface area contributed by atoms with E-state index in [4.69, 9.17) is 0 Å². The number of aromatic nitrogens is 2. The second-order valence-corrected chi connectivity index (χ2v) is 6.11. The van der Waals surface area contributed by atoms with Crippen LogP contribution >= 0.6 is 0 Å². The van der Waals surface area contributed by atoms with Gasteiger partial charge in [0.05, 0.1) is 0 Å². The van der Waals surface area contributed by atoms with Gasteiger partial charge >= 0.3 is 6.18 Å². The van der Waals surface area contributed by atoms with Gasteiger partial charge in [0.2, 0.25) is 0 Å². The van der Waals surface area contributed by atoms with Crippen LogP contribution in [0.15, 0.2) is 29.1 Å².